The van der Waals surface area contributed by atoms with Gasteiger partial charge < -0.3 is 20.1 Å². The van der Waals surface area contributed by atoms with Crippen LogP contribution in [0, 0.1) is 0 Å². The molecule has 30 heavy (non-hydrogen) atoms. The van der Waals surface area contributed by atoms with Gasteiger partial charge in [0.25, 0.3) is 0 Å². The highest BCUT2D eigenvalue weighted by Crippen LogP contribution is 2.34. The highest BCUT2D eigenvalue weighted by Gasteiger charge is 2.33. The molecule has 0 saturated heterocycles. The summed E-state index contributed by atoms with van der Waals surface area (Å²) in [4.78, 5) is 12.1. The number of amides is 2. The van der Waals surface area contributed by atoms with Crippen molar-refractivity contribution in [2.45, 2.75) is 18.8 Å². The summed E-state index contributed by atoms with van der Waals surface area (Å²) < 4.78 is 52.2. The zero-order valence-corrected chi connectivity index (χ0v) is 15.5. The second-order valence-corrected chi connectivity index (χ2v) is 6.57. The number of alkyl halides is 3. The lowest BCUT2D eigenvalue weighted by Gasteiger charge is -2.26. The van der Waals surface area contributed by atoms with E-state index in [1.165, 1.54) is 24.4 Å². The van der Waals surface area contributed by atoms with Crippen molar-refractivity contribution in [3.8, 4) is 11.5 Å². The van der Waals surface area contributed by atoms with Crippen LogP contribution in [0.25, 0.3) is 0 Å². The lowest BCUT2D eigenvalue weighted by molar-refractivity contribution is -0.136. The molecule has 2 heterocycles. The predicted molar refractivity (Wildman–Crippen MR) is 103 cm³/mol. The van der Waals surface area contributed by atoms with Gasteiger partial charge >= 0.3 is 12.2 Å². The molecule has 0 spiro atoms. The van der Waals surface area contributed by atoms with E-state index in [0.717, 1.165) is 6.07 Å². The minimum absolute atomic E-state index is 0.278. The number of urea groups is 1. The largest absolute Gasteiger partial charge is 0.486 e. The van der Waals surface area contributed by atoms with Crippen LogP contribution < -0.4 is 20.1 Å². The summed E-state index contributed by atoms with van der Waals surface area (Å²) in [7, 11) is 0. The van der Waals surface area contributed by atoms with Crippen molar-refractivity contribution in [1.29, 1.82) is 0 Å². The molecule has 1 aromatic heterocycles. The quantitative estimate of drug-likeness (QED) is 0.659. The standard InChI is InChI=1S/C20H17F3N4O3/c21-20(22,23)15-5-1-2-6-16(15)26-19(28)25-13-9-24-27(10-13)11-14-12-29-17-7-3-4-8-18(17)30-14/h1-10,14H,11-12H2,(H2,25,26,28). The second kappa shape index (κ2) is 7.97. The van der Waals surface area contributed by atoms with Gasteiger partial charge in [-0.1, -0.05) is 24.3 Å². The number of fused-ring (bicyclic) bond motifs is 1. The predicted octanol–water partition coefficient (Wildman–Crippen LogP) is 4.39. The minimum Gasteiger partial charge on any atom is -0.486 e. The van der Waals surface area contributed by atoms with Crippen LogP contribution in [0.4, 0.5) is 29.3 Å². The molecule has 10 heteroatoms. The fourth-order valence-corrected chi connectivity index (χ4v) is 3.01. The average molecular weight is 418 g/mol. The molecule has 0 radical (unpaired) electrons. The van der Waals surface area contributed by atoms with E-state index < -0.39 is 17.8 Å². The molecule has 156 valence electrons. The Balaban J connectivity index is 1.36. The van der Waals surface area contributed by atoms with Crippen LogP contribution in [0.5, 0.6) is 11.5 Å². The molecule has 2 N–H and O–H groups in total. The highest BCUT2D eigenvalue weighted by molar-refractivity contribution is 6.00. The molecule has 3 aromatic rings. The third-order valence-electron chi connectivity index (χ3n) is 4.33. The molecule has 4 rings (SSSR count). The first kappa shape index (κ1) is 19.6. The van der Waals surface area contributed by atoms with Crippen LogP contribution in [0.3, 0.4) is 0 Å². The van der Waals surface area contributed by atoms with Crippen molar-refractivity contribution in [3.05, 3.63) is 66.5 Å². The van der Waals surface area contributed by atoms with Gasteiger partial charge in [-0.15, -0.1) is 0 Å². The van der Waals surface area contributed by atoms with Gasteiger partial charge in [0.1, 0.15) is 6.61 Å². The van der Waals surface area contributed by atoms with Crippen LogP contribution in [-0.2, 0) is 12.7 Å². The Labute approximate surface area is 169 Å². The Kier molecular flexibility index (Phi) is 5.21. The first-order chi connectivity index (χ1) is 14.4. The Bertz CT molecular complexity index is 1050. The maximum Gasteiger partial charge on any atom is 0.418 e. The molecule has 7 nitrogen and oxygen atoms in total. The number of hydrogen-bond acceptors (Lipinski definition) is 4. The van der Waals surface area contributed by atoms with E-state index in [2.05, 4.69) is 15.7 Å². The summed E-state index contributed by atoms with van der Waals surface area (Å²) in [5.41, 5.74) is -0.930. The number of benzene rings is 2. The maximum absolute atomic E-state index is 13.0. The molecule has 1 aliphatic heterocycles. The van der Waals surface area contributed by atoms with Gasteiger partial charge in [0, 0.05) is 6.20 Å². The molecule has 1 unspecified atom stereocenters. The lowest BCUT2D eigenvalue weighted by atomic mass is 10.1. The van der Waals surface area contributed by atoms with Gasteiger partial charge in [0.2, 0.25) is 0 Å². The normalized spacial score (nSPS) is 15.5. The topological polar surface area (TPSA) is 77.4 Å². The number of carbonyl (C=O) groups is 1. The number of rotatable bonds is 4. The van der Waals surface area contributed by atoms with Crippen LogP contribution in [-0.4, -0.2) is 28.5 Å². The Morgan fingerprint density at radius 3 is 2.63 bits per heavy atom. The highest BCUT2D eigenvalue weighted by atomic mass is 19.4. The van der Waals surface area contributed by atoms with Gasteiger partial charge in [-0.3, -0.25) is 4.68 Å². The number of anilines is 2. The molecular weight excluding hydrogens is 401 g/mol. The van der Waals surface area contributed by atoms with Gasteiger partial charge in [0.05, 0.1) is 29.7 Å². The van der Waals surface area contributed by atoms with Crippen LogP contribution in [0.15, 0.2) is 60.9 Å². The zero-order chi connectivity index (χ0) is 21.1. The summed E-state index contributed by atoms with van der Waals surface area (Å²) in [6.07, 6.45) is -1.90. The van der Waals surface area contributed by atoms with Crippen LogP contribution >= 0.6 is 0 Å². The summed E-state index contributed by atoms with van der Waals surface area (Å²) in [5.74, 6) is 1.31. The van der Waals surface area contributed by atoms with Crippen molar-refractivity contribution in [2.75, 3.05) is 17.2 Å². The third-order valence-corrected chi connectivity index (χ3v) is 4.33. The monoisotopic (exact) mass is 418 g/mol. The molecule has 0 saturated carbocycles. The first-order valence-corrected chi connectivity index (χ1v) is 9.03. The number of halogens is 3. The van der Waals surface area contributed by atoms with Crippen molar-refractivity contribution < 1.29 is 27.4 Å². The van der Waals surface area contributed by atoms with Gasteiger partial charge in [0.15, 0.2) is 17.6 Å². The van der Waals surface area contributed by atoms with E-state index in [-0.39, 0.29) is 11.8 Å². The number of nitrogens with one attached hydrogen (secondary N) is 2. The van der Waals surface area contributed by atoms with E-state index in [9.17, 15) is 18.0 Å². The minimum atomic E-state index is -4.57. The molecule has 1 aliphatic rings. The van der Waals surface area contributed by atoms with Crippen molar-refractivity contribution in [1.82, 2.24) is 9.78 Å². The summed E-state index contributed by atoms with van der Waals surface area (Å²) in [6, 6.07) is 11.3. The molecule has 0 aliphatic carbocycles. The smallest absolute Gasteiger partial charge is 0.418 e. The fraction of sp³-hybridized carbons (Fsp3) is 0.200. The van der Waals surface area contributed by atoms with E-state index in [0.29, 0.717) is 30.3 Å². The van der Waals surface area contributed by atoms with Crippen LogP contribution in [0.2, 0.25) is 0 Å². The van der Waals surface area contributed by atoms with Gasteiger partial charge in [-0.25, -0.2) is 4.79 Å². The summed E-state index contributed by atoms with van der Waals surface area (Å²) in [5, 5.41) is 8.83. The number of nitrogens with zero attached hydrogens (tertiary/aromatic N) is 2. The first-order valence-electron chi connectivity index (χ1n) is 9.03. The van der Waals surface area contributed by atoms with E-state index >= 15 is 0 Å². The third kappa shape index (κ3) is 4.48. The fourth-order valence-electron chi connectivity index (χ4n) is 3.01. The van der Waals surface area contributed by atoms with E-state index in [1.54, 1.807) is 16.9 Å². The van der Waals surface area contributed by atoms with Crippen molar-refractivity contribution in [2.24, 2.45) is 0 Å². The van der Waals surface area contributed by atoms with Crippen molar-refractivity contribution >= 4 is 17.4 Å². The Morgan fingerprint density at radius 2 is 1.83 bits per heavy atom. The maximum atomic E-state index is 13.0. The number of hydrogen-bond donors (Lipinski definition) is 2. The number of carbonyl (C=O) groups excluding carboxylic acids is 1. The molecule has 2 amide bonds. The SMILES string of the molecule is O=C(Nc1cnn(CC2COc3ccccc3O2)c1)Nc1ccccc1C(F)(F)F. The van der Waals surface area contributed by atoms with Gasteiger partial charge in [-0.2, -0.15) is 18.3 Å². The van der Waals surface area contributed by atoms with Crippen LogP contribution in [0.1, 0.15) is 5.56 Å². The molecule has 0 fully saturated rings. The van der Waals surface area contributed by atoms with Crippen molar-refractivity contribution in [3.63, 3.8) is 0 Å². The second-order valence-electron chi connectivity index (χ2n) is 6.57. The Hall–Kier alpha value is -3.69. The average Bonchev–Trinajstić information content (AvgIpc) is 3.14. The zero-order valence-electron chi connectivity index (χ0n) is 15.5. The molecule has 0 bridgehead atoms. The van der Waals surface area contributed by atoms with E-state index in [1.807, 2.05) is 18.2 Å². The Morgan fingerprint density at radius 1 is 1.10 bits per heavy atom. The number of aromatic nitrogens is 2. The molecular formula is C20H17F3N4O3. The molecule has 1 atom stereocenters. The summed E-state index contributed by atoms with van der Waals surface area (Å²) >= 11 is 0. The van der Waals surface area contributed by atoms with Gasteiger partial charge in [-0.05, 0) is 24.3 Å². The lowest BCUT2D eigenvalue weighted by Crippen LogP contribution is -2.33. The number of para-hydroxylation sites is 3. The molecule has 2 aromatic carbocycles. The summed E-state index contributed by atoms with van der Waals surface area (Å²) in [6.45, 7) is 0.711. The number of ether oxygens (including phenoxy) is 2. The van der Waals surface area contributed by atoms with E-state index in [4.69, 9.17) is 9.47 Å².